The maximum Gasteiger partial charge on any atom is 0.259 e. The summed E-state index contributed by atoms with van der Waals surface area (Å²) in [6.07, 6.45) is 3.78. The van der Waals surface area contributed by atoms with E-state index in [1.165, 1.54) is 6.20 Å². The highest BCUT2D eigenvalue weighted by Crippen LogP contribution is 2.29. The molecule has 2 heterocycles. The Hall–Kier alpha value is -0.630. The normalized spacial score (nSPS) is 21.8. The third-order valence-corrected chi connectivity index (χ3v) is 5.47. The fourth-order valence-corrected chi connectivity index (χ4v) is 3.63. The van der Waals surface area contributed by atoms with Crippen LogP contribution in [0.25, 0.3) is 0 Å². The second-order valence-corrected chi connectivity index (χ2v) is 7.90. The van der Waals surface area contributed by atoms with Crippen LogP contribution < -0.4 is 10.0 Å². The van der Waals surface area contributed by atoms with Gasteiger partial charge in [-0.1, -0.05) is 13.8 Å². The highest BCUT2D eigenvalue weighted by Gasteiger charge is 2.33. The first kappa shape index (κ1) is 18.4. The van der Waals surface area contributed by atoms with Crippen LogP contribution in [-0.4, -0.2) is 37.1 Å². The molecule has 21 heavy (non-hydrogen) atoms. The minimum Gasteiger partial charge on any atom is -0.337 e. The molecular formula is C13H25ClN4O2S. The van der Waals surface area contributed by atoms with Gasteiger partial charge in [0, 0.05) is 25.8 Å². The molecule has 0 saturated carbocycles. The minimum atomic E-state index is -3.53. The summed E-state index contributed by atoms with van der Waals surface area (Å²) < 4.78 is 28.9. The number of imidazole rings is 1. The summed E-state index contributed by atoms with van der Waals surface area (Å²) in [6, 6.07) is 0.149. The van der Waals surface area contributed by atoms with Gasteiger partial charge in [-0.2, -0.15) is 0 Å². The molecule has 8 heteroatoms. The van der Waals surface area contributed by atoms with E-state index in [2.05, 4.69) is 28.9 Å². The van der Waals surface area contributed by atoms with Crippen LogP contribution >= 0.6 is 12.4 Å². The van der Waals surface area contributed by atoms with Crippen molar-refractivity contribution in [3.63, 3.8) is 0 Å². The topological polar surface area (TPSA) is 76.0 Å². The molecule has 0 amide bonds. The molecule has 1 saturated heterocycles. The zero-order valence-electron chi connectivity index (χ0n) is 13.0. The molecule has 1 atom stereocenters. The van der Waals surface area contributed by atoms with Crippen LogP contribution in [-0.2, 0) is 17.1 Å². The molecule has 6 nitrogen and oxygen atoms in total. The van der Waals surface area contributed by atoms with Gasteiger partial charge in [0.25, 0.3) is 10.0 Å². The number of aryl methyl sites for hydroxylation is 2. The molecule has 0 spiro atoms. The zero-order valence-corrected chi connectivity index (χ0v) is 14.6. The van der Waals surface area contributed by atoms with Crippen molar-refractivity contribution in [2.75, 3.05) is 13.1 Å². The number of sulfonamides is 1. The third-order valence-electron chi connectivity index (χ3n) is 4.17. The summed E-state index contributed by atoms with van der Waals surface area (Å²) in [7, 11) is -1.75. The summed E-state index contributed by atoms with van der Waals surface area (Å²) in [5, 5.41) is 3.49. The van der Waals surface area contributed by atoms with Crippen LogP contribution in [0.1, 0.15) is 32.5 Å². The Morgan fingerprint density at radius 1 is 1.52 bits per heavy atom. The summed E-state index contributed by atoms with van der Waals surface area (Å²) in [6.45, 7) is 7.46. The molecular weight excluding hydrogens is 312 g/mol. The first-order valence-electron chi connectivity index (χ1n) is 6.95. The van der Waals surface area contributed by atoms with Crippen LogP contribution in [0, 0.1) is 12.3 Å². The van der Waals surface area contributed by atoms with Crippen molar-refractivity contribution in [3.8, 4) is 0 Å². The Morgan fingerprint density at radius 3 is 2.71 bits per heavy atom. The van der Waals surface area contributed by atoms with Gasteiger partial charge in [-0.05, 0) is 31.7 Å². The lowest BCUT2D eigenvalue weighted by Crippen LogP contribution is -2.52. The maximum absolute atomic E-state index is 12.2. The molecule has 2 rings (SSSR count). The zero-order chi connectivity index (χ0) is 15.0. The molecule has 1 unspecified atom stereocenters. The summed E-state index contributed by atoms with van der Waals surface area (Å²) in [5.41, 5.74) is 0.0980. The quantitative estimate of drug-likeness (QED) is 0.866. The Balaban J connectivity index is 0.00000220. The van der Waals surface area contributed by atoms with Gasteiger partial charge in [0.1, 0.15) is 5.82 Å². The van der Waals surface area contributed by atoms with E-state index in [-0.39, 0.29) is 28.9 Å². The predicted molar refractivity (Wildman–Crippen MR) is 85.2 cm³/mol. The lowest BCUT2D eigenvalue weighted by molar-refractivity contribution is 0.181. The average molecular weight is 337 g/mol. The molecule has 0 aliphatic carbocycles. The SMILES string of the molecule is Cc1nc(S(=O)(=O)NCC2NCCCC2(C)C)cn1C.Cl. The first-order chi connectivity index (χ1) is 9.22. The van der Waals surface area contributed by atoms with Crippen LogP contribution in [0.5, 0.6) is 0 Å². The van der Waals surface area contributed by atoms with Gasteiger partial charge in [0.2, 0.25) is 0 Å². The largest absolute Gasteiger partial charge is 0.337 e. The van der Waals surface area contributed by atoms with Crippen LogP contribution in [0.2, 0.25) is 0 Å². The highest BCUT2D eigenvalue weighted by atomic mass is 35.5. The Morgan fingerprint density at radius 2 is 2.19 bits per heavy atom. The number of nitrogens with one attached hydrogen (secondary N) is 2. The van der Waals surface area contributed by atoms with Gasteiger partial charge in [-0.25, -0.2) is 18.1 Å². The second-order valence-electron chi connectivity index (χ2n) is 6.19. The first-order valence-corrected chi connectivity index (χ1v) is 8.44. The second kappa shape index (κ2) is 6.64. The van der Waals surface area contributed by atoms with Crippen LogP contribution in [0.3, 0.4) is 0 Å². The molecule has 0 bridgehead atoms. The third kappa shape index (κ3) is 4.18. The minimum absolute atomic E-state index is 0. The van der Waals surface area contributed by atoms with Gasteiger partial charge in [0.15, 0.2) is 5.03 Å². The van der Waals surface area contributed by atoms with Crippen LogP contribution in [0.15, 0.2) is 11.2 Å². The van der Waals surface area contributed by atoms with Gasteiger partial charge in [-0.3, -0.25) is 0 Å². The Labute approximate surface area is 133 Å². The number of hydrogen-bond acceptors (Lipinski definition) is 4. The van der Waals surface area contributed by atoms with Gasteiger partial charge in [0.05, 0.1) is 0 Å². The lowest BCUT2D eigenvalue weighted by Gasteiger charge is -2.39. The van der Waals surface area contributed by atoms with Crippen molar-refractivity contribution < 1.29 is 8.42 Å². The van der Waals surface area contributed by atoms with Crippen molar-refractivity contribution in [1.29, 1.82) is 0 Å². The number of nitrogens with zero attached hydrogens (tertiary/aromatic N) is 2. The molecule has 122 valence electrons. The maximum atomic E-state index is 12.2. The van der Waals surface area contributed by atoms with E-state index >= 15 is 0 Å². The summed E-state index contributed by atoms with van der Waals surface area (Å²) in [5.74, 6) is 0.682. The van der Waals surface area contributed by atoms with Crippen molar-refractivity contribution in [2.24, 2.45) is 12.5 Å². The number of aromatic nitrogens is 2. The lowest BCUT2D eigenvalue weighted by atomic mass is 9.78. The van der Waals surface area contributed by atoms with Gasteiger partial charge >= 0.3 is 0 Å². The van der Waals surface area contributed by atoms with E-state index in [4.69, 9.17) is 0 Å². The van der Waals surface area contributed by atoms with Gasteiger partial charge in [-0.15, -0.1) is 12.4 Å². The average Bonchev–Trinajstić information content (AvgIpc) is 2.69. The van der Waals surface area contributed by atoms with E-state index in [0.717, 1.165) is 19.4 Å². The molecule has 0 aromatic carbocycles. The van der Waals surface area contributed by atoms with E-state index in [9.17, 15) is 8.42 Å². The number of halogens is 1. The Kier molecular flexibility index (Phi) is 5.83. The number of hydrogen-bond donors (Lipinski definition) is 2. The van der Waals surface area contributed by atoms with Crippen molar-refractivity contribution in [2.45, 2.75) is 44.7 Å². The predicted octanol–water partition coefficient (Wildman–Crippen LogP) is 1.21. The molecule has 1 aromatic rings. The van der Waals surface area contributed by atoms with E-state index in [1.807, 2.05) is 0 Å². The summed E-state index contributed by atoms with van der Waals surface area (Å²) in [4.78, 5) is 4.07. The molecule has 1 aliphatic heterocycles. The van der Waals surface area contributed by atoms with Crippen molar-refractivity contribution >= 4 is 22.4 Å². The fraction of sp³-hybridized carbons (Fsp3) is 0.769. The highest BCUT2D eigenvalue weighted by molar-refractivity contribution is 7.89. The Bertz CT molecular complexity index is 563. The number of rotatable bonds is 4. The molecule has 1 aliphatic rings. The standard InChI is InChI=1S/C13H24N4O2S.ClH/c1-10-16-12(9-17(10)4)20(18,19)15-8-11-13(2,3)6-5-7-14-11;/h9,11,14-15H,5-8H2,1-4H3;1H. The van der Waals surface area contributed by atoms with E-state index in [0.29, 0.717) is 12.4 Å². The molecule has 0 radical (unpaired) electrons. The molecule has 1 aromatic heterocycles. The van der Waals surface area contributed by atoms with Crippen molar-refractivity contribution in [3.05, 3.63) is 12.0 Å². The summed E-state index contributed by atoms with van der Waals surface area (Å²) >= 11 is 0. The smallest absolute Gasteiger partial charge is 0.259 e. The van der Waals surface area contributed by atoms with Crippen molar-refractivity contribution in [1.82, 2.24) is 19.6 Å². The monoisotopic (exact) mass is 336 g/mol. The van der Waals surface area contributed by atoms with E-state index < -0.39 is 10.0 Å². The molecule has 1 fully saturated rings. The molecule has 2 N–H and O–H groups in total. The number of piperidine rings is 1. The van der Waals surface area contributed by atoms with Crippen LogP contribution in [0.4, 0.5) is 0 Å². The van der Waals surface area contributed by atoms with Gasteiger partial charge < -0.3 is 9.88 Å². The fourth-order valence-electron chi connectivity index (χ4n) is 2.54. The van der Waals surface area contributed by atoms with E-state index in [1.54, 1.807) is 18.5 Å².